The van der Waals surface area contributed by atoms with E-state index in [0.29, 0.717) is 11.5 Å². The average molecular weight is 269 g/mol. The molecule has 20 heavy (non-hydrogen) atoms. The molecular formula is C17H16FNO. The molecule has 3 rings (SSSR count). The first-order chi connectivity index (χ1) is 9.43. The quantitative estimate of drug-likeness (QED) is 0.626. The number of oxazole rings is 1. The molecule has 1 aromatic heterocycles. The molecule has 0 saturated heterocycles. The van der Waals surface area contributed by atoms with Gasteiger partial charge in [-0.05, 0) is 41.3 Å². The highest BCUT2D eigenvalue weighted by Gasteiger charge is 2.16. The molecule has 0 aliphatic rings. The first-order valence-corrected chi connectivity index (χ1v) is 6.60. The fourth-order valence-electron chi connectivity index (χ4n) is 2.14. The van der Waals surface area contributed by atoms with Crippen LogP contribution >= 0.6 is 0 Å². The Morgan fingerprint density at radius 3 is 2.55 bits per heavy atom. The maximum atomic E-state index is 13.3. The molecule has 0 spiro atoms. The first kappa shape index (κ1) is 12.9. The summed E-state index contributed by atoms with van der Waals surface area (Å²) in [5, 5.41) is 0. The van der Waals surface area contributed by atoms with Gasteiger partial charge in [-0.1, -0.05) is 32.9 Å². The van der Waals surface area contributed by atoms with E-state index in [1.165, 1.54) is 17.7 Å². The van der Waals surface area contributed by atoms with Gasteiger partial charge in [-0.3, -0.25) is 0 Å². The van der Waals surface area contributed by atoms with Crippen molar-refractivity contribution in [2.45, 2.75) is 26.2 Å². The Balaban J connectivity index is 2.11. The van der Waals surface area contributed by atoms with Gasteiger partial charge in [-0.25, -0.2) is 9.37 Å². The number of fused-ring (bicyclic) bond motifs is 1. The lowest BCUT2D eigenvalue weighted by Gasteiger charge is -2.18. The van der Waals surface area contributed by atoms with Crippen LogP contribution in [0.5, 0.6) is 0 Å². The third-order valence-electron chi connectivity index (χ3n) is 3.33. The van der Waals surface area contributed by atoms with Gasteiger partial charge in [-0.15, -0.1) is 0 Å². The van der Waals surface area contributed by atoms with Crippen LogP contribution in [0.2, 0.25) is 0 Å². The standard InChI is InChI=1S/C17H16FNO/c1-17(2,3)12-7-8-14-15(10-12)20-16(19-14)11-5-4-6-13(18)9-11/h4-10H,1-3H3. The summed E-state index contributed by atoms with van der Waals surface area (Å²) in [4.78, 5) is 4.41. The summed E-state index contributed by atoms with van der Waals surface area (Å²) in [5.74, 6) is 0.158. The molecule has 0 saturated carbocycles. The average Bonchev–Trinajstić information content (AvgIpc) is 2.80. The monoisotopic (exact) mass is 269 g/mol. The van der Waals surface area contributed by atoms with Crippen LogP contribution in [-0.4, -0.2) is 4.98 Å². The highest BCUT2D eigenvalue weighted by molar-refractivity contribution is 5.77. The van der Waals surface area contributed by atoms with Crippen LogP contribution < -0.4 is 0 Å². The summed E-state index contributed by atoms with van der Waals surface area (Å²) in [6.07, 6.45) is 0. The summed E-state index contributed by atoms with van der Waals surface area (Å²) in [5.41, 5.74) is 3.42. The minimum atomic E-state index is -0.292. The molecule has 2 nitrogen and oxygen atoms in total. The van der Waals surface area contributed by atoms with Crippen LogP contribution in [0.15, 0.2) is 46.9 Å². The Bertz CT molecular complexity index is 768. The third kappa shape index (κ3) is 2.31. The lowest BCUT2D eigenvalue weighted by Crippen LogP contribution is -2.10. The molecule has 0 aliphatic heterocycles. The summed E-state index contributed by atoms with van der Waals surface area (Å²) in [6, 6.07) is 12.3. The van der Waals surface area contributed by atoms with Gasteiger partial charge in [0.1, 0.15) is 11.3 Å². The molecule has 1 heterocycles. The largest absolute Gasteiger partial charge is 0.436 e. The number of aromatic nitrogens is 1. The van der Waals surface area contributed by atoms with Gasteiger partial charge in [0.05, 0.1) is 0 Å². The van der Waals surface area contributed by atoms with Gasteiger partial charge in [0, 0.05) is 5.56 Å². The summed E-state index contributed by atoms with van der Waals surface area (Å²) < 4.78 is 19.0. The fraction of sp³-hybridized carbons (Fsp3) is 0.235. The van der Waals surface area contributed by atoms with Crippen LogP contribution in [0.1, 0.15) is 26.3 Å². The first-order valence-electron chi connectivity index (χ1n) is 6.60. The molecule has 2 aromatic carbocycles. The molecular weight excluding hydrogens is 253 g/mol. The number of benzene rings is 2. The van der Waals surface area contributed by atoms with Crippen molar-refractivity contribution >= 4 is 11.1 Å². The minimum absolute atomic E-state index is 0.0556. The summed E-state index contributed by atoms with van der Waals surface area (Å²) >= 11 is 0. The zero-order valence-electron chi connectivity index (χ0n) is 11.8. The Hall–Kier alpha value is -2.16. The number of hydrogen-bond acceptors (Lipinski definition) is 2. The molecule has 0 atom stereocenters. The maximum absolute atomic E-state index is 13.3. The molecule has 0 bridgehead atoms. The van der Waals surface area contributed by atoms with Crippen molar-refractivity contribution in [1.82, 2.24) is 4.98 Å². The fourth-order valence-corrected chi connectivity index (χ4v) is 2.14. The topological polar surface area (TPSA) is 26.0 Å². The number of rotatable bonds is 1. The number of nitrogens with zero attached hydrogens (tertiary/aromatic N) is 1. The SMILES string of the molecule is CC(C)(C)c1ccc2nc(-c3cccc(F)c3)oc2c1. The van der Waals surface area contributed by atoms with E-state index in [-0.39, 0.29) is 11.2 Å². The lowest BCUT2D eigenvalue weighted by molar-refractivity contribution is 0.584. The van der Waals surface area contributed by atoms with E-state index in [1.807, 2.05) is 12.1 Å². The van der Waals surface area contributed by atoms with Gasteiger partial charge in [0.15, 0.2) is 5.58 Å². The highest BCUT2D eigenvalue weighted by atomic mass is 19.1. The maximum Gasteiger partial charge on any atom is 0.227 e. The van der Waals surface area contributed by atoms with Gasteiger partial charge >= 0.3 is 0 Å². The van der Waals surface area contributed by atoms with Crippen LogP contribution in [0.3, 0.4) is 0 Å². The second-order valence-electron chi connectivity index (χ2n) is 5.96. The molecule has 0 N–H and O–H groups in total. The van der Waals surface area contributed by atoms with Gasteiger partial charge in [0.25, 0.3) is 0 Å². The highest BCUT2D eigenvalue weighted by Crippen LogP contribution is 2.29. The smallest absolute Gasteiger partial charge is 0.227 e. The van der Waals surface area contributed by atoms with Crippen LogP contribution in [0, 0.1) is 5.82 Å². The van der Waals surface area contributed by atoms with Crippen molar-refractivity contribution in [3.05, 3.63) is 53.8 Å². The second kappa shape index (κ2) is 4.44. The molecule has 3 aromatic rings. The van der Waals surface area contributed by atoms with E-state index in [2.05, 4.69) is 31.8 Å². The third-order valence-corrected chi connectivity index (χ3v) is 3.33. The van der Waals surface area contributed by atoms with E-state index < -0.39 is 0 Å². The van der Waals surface area contributed by atoms with Gasteiger partial charge < -0.3 is 4.42 Å². The molecule has 0 unspecified atom stereocenters. The number of halogens is 1. The summed E-state index contributed by atoms with van der Waals surface area (Å²) in [7, 11) is 0. The lowest BCUT2D eigenvalue weighted by atomic mass is 9.87. The Labute approximate surface area is 117 Å². The Morgan fingerprint density at radius 1 is 1.05 bits per heavy atom. The molecule has 3 heteroatoms. The van der Waals surface area contributed by atoms with Crippen molar-refractivity contribution in [2.24, 2.45) is 0 Å². The van der Waals surface area contributed by atoms with Crippen molar-refractivity contribution in [3.63, 3.8) is 0 Å². The molecule has 0 aliphatic carbocycles. The Morgan fingerprint density at radius 2 is 1.85 bits per heavy atom. The van der Waals surface area contributed by atoms with E-state index in [9.17, 15) is 4.39 Å². The van der Waals surface area contributed by atoms with E-state index in [1.54, 1.807) is 12.1 Å². The molecule has 0 radical (unpaired) electrons. The molecule has 102 valence electrons. The Kier molecular flexibility index (Phi) is 2.85. The van der Waals surface area contributed by atoms with E-state index >= 15 is 0 Å². The minimum Gasteiger partial charge on any atom is -0.436 e. The van der Waals surface area contributed by atoms with E-state index in [0.717, 1.165) is 11.1 Å². The zero-order valence-corrected chi connectivity index (χ0v) is 11.8. The zero-order chi connectivity index (χ0) is 14.3. The predicted molar refractivity (Wildman–Crippen MR) is 78.1 cm³/mol. The van der Waals surface area contributed by atoms with Crippen LogP contribution in [0.25, 0.3) is 22.6 Å². The second-order valence-corrected chi connectivity index (χ2v) is 5.96. The van der Waals surface area contributed by atoms with Crippen LogP contribution in [-0.2, 0) is 5.41 Å². The van der Waals surface area contributed by atoms with Crippen molar-refractivity contribution in [3.8, 4) is 11.5 Å². The molecule has 0 fully saturated rings. The van der Waals surface area contributed by atoms with Crippen molar-refractivity contribution in [2.75, 3.05) is 0 Å². The molecule has 0 amide bonds. The van der Waals surface area contributed by atoms with Gasteiger partial charge in [0.2, 0.25) is 5.89 Å². The van der Waals surface area contributed by atoms with Crippen molar-refractivity contribution in [1.29, 1.82) is 0 Å². The normalized spacial score (nSPS) is 12.0. The van der Waals surface area contributed by atoms with Crippen molar-refractivity contribution < 1.29 is 8.81 Å². The number of hydrogen-bond donors (Lipinski definition) is 0. The van der Waals surface area contributed by atoms with E-state index in [4.69, 9.17) is 4.42 Å². The van der Waals surface area contributed by atoms with Gasteiger partial charge in [-0.2, -0.15) is 0 Å². The summed E-state index contributed by atoms with van der Waals surface area (Å²) in [6.45, 7) is 6.45. The predicted octanol–water partition coefficient (Wildman–Crippen LogP) is 4.93. The van der Waals surface area contributed by atoms with Crippen LogP contribution in [0.4, 0.5) is 4.39 Å².